The Morgan fingerprint density at radius 1 is 1.25 bits per heavy atom. The highest BCUT2D eigenvalue weighted by molar-refractivity contribution is 4.87. The summed E-state index contributed by atoms with van der Waals surface area (Å²) in [5.74, 6) is 1.57. The summed E-state index contributed by atoms with van der Waals surface area (Å²) in [6.45, 7) is 15.3. The highest BCUT2D eigenvalue weighted by Gasteiger charge is 2.29. The van der Waals surface area contributed by atoms with Crippen LogP contribution in [0.15, 0.2) is 0 Å². The maximum Gasteiger partial charge on any atom is 0.0244 e. The average Bonchev–Trinajstić information content (AvgIpc) is 2.17. The van der Waals surface area contributed by atoms with Gasteiger partial charge in [-0.05, 0) is 31.2 Å². The third-order valence-corrected chi connectivity index (χ3v) is 3.58. The van der Waals surface area contributed by atoms with Gasteiger partial charge in [0.15, 0.2) is 0 Å². The smallest absolute Gasteiger partial charge is 0.0244 e. The van der Waals surface area contributed by atoms with Gasteiger partial charge in [-0.15, -0.1) is 0 Å². The van der Waals surface area contributed by atoms with Crippen LogP contribution >= 0.6 is 0 Å². The molecule has 1 saturated heterocycles. The van der Waals surface area contributed by atoms with E-state index in [1.54, 1.807) is 0 Å². The minimum absolute atomic E-state index is 0.710. The lowest BCUT2D eigenvalue weighted by atomic mass is 9.95. The first kappa shape index (κ1) is 14.0. The van der Waals surface area contributed by atoms with Gasteiger partial charge >= 0.3 is 0 Å². The quantitative estimate of drug-likeness (QED) is 0.775. The summed E-state index contributed by atoms with van der Waals surface area (Å²) < 4.78 is 0. The zero-order chi connectivity index (χ0) is 12.1. The molecule has 0 bridgehead atoms. The highest BCUT2D eigenvalue weighted by atomic mass is 15.2. The molecule has 0 radical (unpaired) electrons. The van der Waals surface area contributed by atoms with Gasteiger partial charge in [-0.1, -0.05) is 34.6 Å². The molecule has 1 aliphatic rings. The van der Waals surface area contributed by atoms with Gasteiger partial charge in [0.1, 0.15) is 0 Å². The summed E-state index contributed by atoms with van der Waals surface area (Å²) in [5.41, 5.74) is 0. The monoisotopic (exact) mass is 226 g/mol. The molecule has 0 amide bonds. The topological polar surface area (TPSA) is 15.3 Å². The van der Waals surface area contributed by atoms with Gasteiger partial charge in [0.2, 0.25) is 0 Å². The Bertz CT molecular complexity index is 189. The molecule has 0 saturated carbocycles. The van der Waals surface area contributed by atoms with Crippen LogP contribution < -0.4 is 5.32 Å². The highest BCUT2D eigenvalue weighted by Crippen LogP contribution is 2.18. The lowest BCUT2D eigenvalue weighted by Crippen LogP contribution is -2.58. The maximum atomic E-state index is 3.73. The molecule has 2 nitrogen and oxygen atoms in total. The Morgan fingerprint density at radius 2 is 1.94 bits per heavy atom. The molecule has 0 aromatic rings. The van der Waals surface area contributed by atoms with Crippen LogP contribution in [0.3, 0.4) is 0 Å². The normalized spacial score (nSPS) is 27.9. The molecule has 0 spiro atoms. The second-order valence-corrected chi connectivity index (χ2v) is 6.04. The predicted molar refractivity (Wildman–Crippen MR) is 71.7 cm³/mol. The molecule has 1 heterocycles. The molecule has 0 aliphatic carbocycles. The van der Waals surface area contributed by atoms with Crippen LogP contribution in [0.5, 0.6) is 0 Å². The standard InChI is InChI=1S/C14H30N2/c1-6-7-16-10-13(8-11(2)3)15-9-14(16)12(4)5/h11-15H,6-10H2,1-5H3. The Labute approximate surface area is 102 Å². The van der Waals surface area contributed by atoms with Crippen molar-refractivity contribution in [3.63, 3.8) is 0 Å². The summed E-state index contributed by atoms with van der Waals surface area (Å²) in [5, 5.41) is 3.73. The van der Waals surface area contributed by atoms with Crippen LogP contribution in [-0.4, -0.2) is 36.6 Å². The van der Waals surface area contributed by atoms with Crippen LogP contribution in [0.4, 0.5) is 0 Å². The third kappa shape index (κ3) is 4.06. The second kappa shape index (κ2) is 6.61. The van der Waals surface area contributed by atoms with E-state index in [0.29, 0.717) is 6.04 Å². The van der Waals surface area contributed by atoms with Gasteiger partial charge in [0, 0.05) is 25.2 Å². The van der Waals surface area contributed by atoms with Crippen molar-refractivity contribution in [3.8, 4) is 0 Å². The first-order valence-corrected chi connectivity index (χ1v) is 7.02. The van der Waals surface area contributed by atoms with E-state index in [-0.39, 0.29) is 0 Å². The van der Waals surface area contributed by atoms with Crippen molar-refractivity contribution in [1.29, 1.82) is 0 Å². The van der Waals surface area contributed by atoms with Crippen molar-refractivity contribution in [2.75, 3.05) is 19.6 Å². The molecule has 0 aromatic carbocycles. The van der Waals surface area contributed by atoms with Crippen molar-refractivity contribution in [3.05, 3.63) is 0 Å². The largest absolute Gasteiger partial charge is 0.311 e. The summed E-state index contributed by atoms with van der Waals surface area (Å²) in [6, 6.07) is 1.45. The number of rotatable bonds is 5. The lowest BCUT2D eigenvalue weighted by Gasteiger charge is -2.43. The lowest BCUT2D eigenvalue weighted by molar-refractivity contribution is 0.0924. The zero-order valence-corrected chi connectivity index (χ0v) is 11.8. The molecule has 96 valence electrons. The number of nitrogens with zero attached hydrogens (tertiary/aromatic N) is 1. The molecule has 1 fully saturated rings. The second-order valence-electron chi connectivity index (χ2n) is 6.04. The van der Waals surface area contributed by atoms with E-state index >= 15 is 0 Å². The van der Waals surface area contributed by atoms with Crippen molar-refractivity contribution in [2.45, 2.75) is 59.5 Å². The molecule has 1 aliphatic heterocycles. The average molecular weight is 226 g/mol. The van der Waals surface area contributed by atoms with Crippen LogP contribution in [-0.2, 0) is 0 Å². The Morgan fingerprint density at radius 3 is 2.44 bits per heavy atom. The minimum atomic E-state index is 0.710. The summed E-state index contributed by atoms with van der Waals surface area (Å²) in [6.07, 6.45) is 2.59. The van der Waals surface area contributed by atoms with Gasteiger partial charge in [-0.3, -0.25) is 4.90 Å². The van der Waals surface area contributed by atoms with Gasteiger partial charge < -0.3 is 5.32 Å². The Hall–Kier alpha value is -0.0800. The minimum Gasteiger partial charge on any atom is -0.311 e. The van der Waals surface area contributed by atoms with Crippen LogP contribution in [0.25, 0.3) is 0 Å². The molecule has 2 unspecified atom stereocenters. The van der Waals surface area contributed by atoms with Crippen molar-refractivity contribution < 1.29 is 0 Å². The van der Waals surface area contributed by atoms with Crippen LogP contribution in [0, 0.1) is 11.8 Å². The van der Waals surface area contributed by atoms with E-state index in [2.05, 4.69) is 44.8 Å². The molecule has 1 N–H and O–H groups in total. The molecule has 16 heavy (non-hydrogen) atoms. The third-order valence-electron chi connectivity index (χ3n) is 3.58. The zero-order valence-electron chi connectivity index (χ0n) is 11.8. The van der Waals surface area contributed by atoms with Crippen LogP contribution in [0.2, 0.25) is 0 Å². The molecular formula is C14H30N2. The summed E-state index contributed by atoms with van der Waals surface area (Å²) in [7, 11) is 0. The summed E-state index contributed by atoms with van der Waals surface area (Å²) >= 11 is 0. The molecule has 2 heteroatoms. The molecule has 0 aromatic heterocycles. The maximum absolute atomic E-state index is 3.73. The first-order valence-electron chi connectivity index (χ1n) is 7.02. The van der Waals surface area contributed by atoms with Gasteiger partial charge in [-0.2, -0.15) is 0 Å². The van der Waals surface area contributed by atoms with E-state index in [1.807, 2.05) is 0 Å². The van der Waals surface area contributed by atoms with E-state index in [1.165, 1.54) is 32.5 Å². The van der Waals surface area contributed by atoms with E-state index in [9.17, 15) is 0 Å². The molecule has 1 rings (SSSR count). The fraction of sp³-hybridized carbons (Fsp3) is 1.00. The van der Waals surface area contributed by atoms with E-state index < -0.39 is 0 Å². The van der Waals surface area contributed by atoms with E-state index in [4.69, 9.17) is 0 Å². The van der Waals surface area contributed by atoms with Gasteiger partial charge in [0.05, 0.1) is 0 Å². The Kier molecular flexibility index (Phi) is 5.77. The molecule has 2 atom stereocenters. The number of nitrogens with one attached hydrogen (secondary N) is 1. The number of piperazine rings is 1. The van der Waals surface area contributed by atoms with Crippen molar-refractivity contribution in [2.24, 2.45) is 11.8 Å². The van der Waals surface area contributed by atoms with E-state index in [0.717, 1.165) is 17.9 Å². The fourth-order valence-electron chi connectivity index (χ4n) is 2.83. The predicted octanol–water partition coefficient (Wildman–Crippen LogP) is 2.74. The summed E-state index contributed by atoms with van der Waals surface area (Å²) in [4.78, 5) is 2.70. The number of hydrogen-bond acceptors (Lipinski definition) is 2. The number of hydrogen-bond donors (Lipinski definition) is 1. The van der Waals surface area contributed by atoms with Crippen molar-refractivity contribution in [1.82, 2.24) is 10.2 Å². The van der Waals surface area contributed by atoms with Crippen molar-refractivity contribution >= 4 is 0 Å². The first-order chi connectivity index (χ1) is 7.54. The van der Waals surface area contributed by atoms with Gasteiger partial charge in [0.25, 0.3) is 0 Å². The molecular weight excluding hydrogens is 196 g/mol. The van der Waals surface area contributed by atoms with Gasteiger partial charge in [-0.25, -0.2) is 0 Å². The van der Waals surface area contributed by atoms with Crippen LogP contribution in [0.1, 0.15) is 47.5 Å². The fourth-order valence-corrected chi connectivity index (χ4v) is 2.83. The Balaban J connectivity index is 2.50. The SMILES string of the molecule is CCCN1CC(CC(C)C)NCC1C(C)C.